The molecule has 3 rings (SSSR count). The van der Waals surface area contributed by atoms with Crippen molar-refractivity contribution >= 4 is 33.9 Å². The molecule has 2 aromatic rings. The second kappa shape index (κ2) is 7.70. The number of ether oxygens (including phenoxy) is 1. The fraction of sp³-hybridized carbons (Fsp3) is 0.368. The smallest absolute Gasteiger partial charge is 0.341 e. The number of rotatable bonds is 6. The van der Waals surface area contributed by atoms with Gasteiger partial charge in [0.2, 0.25) is 5.91 Å². The van der Waals surface area contributed by atoms with Crippen molar-refractivity contribution in [3.05, 3.63) is 45.8 Å². The van der Waals surface area contributed by atoms with Gasteiger partial charge in [0.1, 0.15) is 5.00 Å². The number of carbonyl (C=O) groups excluding carboxylic acids is 2. The molecule has 0 aliphatic heterocycles. The van der Waals surface area contributed by atoms with Crippen LogP contribution in [0, 0.1) is 6.92 Å². The van der Waals surface area contributed by atoms with E-state index in [-0.39, 0.29) is 18.4 Å². The fourth-order valence-corrected chi connectivity index (χ4v) is 4.31. The fourth-order valence-electron chi connectivity index (χ4n) is 3.02. The summed E-state index contributed by atoms with van der Waals surface area (Å²) >= 11 is 1.49. The molecule has 0 saturated carbocycles. The van der Waals surface area contributed by atoms with Crippen molar-refractivity contribution in [2.75, 3.05) is 23.8 Å². The topological polar surface area (TPSA) is 67.4 Å². The molecule has 1 aromatic heterocycles. The average molecular weight is 358 g/mol. The Hall–Kier alpha value is -2.34. The molecule has 1 aromatic carbocycles. The number of amides is 1. The Morgan fingerprint density at radius 2 is 2.12 bits per heavy atom. The van der Waals surface area contributed by atoms with Gasteiger partial charge in [0, 0.05) is 10.6 Å². The highest BCUT2D eigenvalue weighted by Gasteiger charge is 2.28. The minimum absolute atomic E-state index is 0.147. The molecule has 1 aliphatic rings. The third-order valence-electron chi connectivity index (χ3n) is 4.12. The molecule has 0 saturated heterocycles. The van der Waals surface area contributed by atoms with Crippen LogP contribution in [0.4, 0.5) is 10.7 Å². The van der Waals surface area contributed by atoms with Crippen LogP contribution in [0.25, 0.3) is 0 Å². The lowest BCUT2D eigenvalue weighted by Gasteiger charge is -2.09. The first kappa shape index (κ1) is 17.5. The molecule has 2 N–H and O–H groups in total. The van der Waals surface area contributed by atoms with Gasteiger partial charge in [0.25, 0.3) is 0 Å². The Labute approximate surface area is 151 Å². The number of carbonyl (C=O) groups is 2. The van der Waals surface area contributed by atoms with Crippen LogP contribution in [0.1, 0.15) is 39.7 Å². The monoisotopic (exact) mass is 358 g/mol. The molecule has 6 heteroatoms. The van der Waals surface area contributed by atoms with E-state index in [1.807, 2.05) is 31.2 Å². The van der Waals surface area contributed by atoms with E-state index >= 15 is 0 Å². The van der Waals surface area contributed by atoms with Crippen molar-refractivity contribution in [1.29, 1.82) is 0 Å². The van der Waals surface area contributed by atoms with Crippen LogP contribution in [0.15, 0.2) is 24.3 Å². The van der Waals surface area contributed by atoms with E-state index in [4.69, 9.17) is 4.74 Å². The number of nitrogens with one attached hydrogen (secondary N) is 2. The van der Waals surface area contributed by atoms with E-state index in [9.17, 15) is 9.59 Å². The van der Waals surface area contributed by atoms with Crippen molar-refractivity contribution in [3.63, 3.8) is 0 Å². The van der Waals surface area contributed by atoms with Gasteiger partial charge in [-0.3, -0.25) is 4.79 Å². The average Bonchev–Trinajstić information content (AvgIpc) is 3.13. The third kappa shape index (κ3) is 4.02. The molecule has 0 spiro atoms. The number of hydrogen-bond donors (Lipinski definition) is 2. The Morgan fingerprint density at radius 3 is 2.88 bits per heavy atom. The molecule has 0 fully saturated rings. The highest BCUT2D eigenvalue weighted by molar-refractivity contribution is 7.17. The van der Waals surface area contributed by atoms with Crippen molar-refractivity contribution < 1.29 is 14.3 Å². The first-order chi connectivity index (χ1) is 12.1. The third-order valence-corrected chi connectivity index (χ3v) is 5.33. The molecular formula is C19H22N2O3S. The summed E-state index contributed by atoms with van der Waals surface area (Å²) in [5.74, 6) is -0.518. The second-order valence-corrected chi connectivity index (χ2v) is 7.16. The number of hydrogen-bond acceptors (Lipinski definition) is 5. The Bertz CT molecular complexity index is 798. The minimum atomic E-state index is -0.344. The second-order valence-electron chi connectivity index (χ2n) is 6.05. The van der Waals surface area contributed by atoms with Gasteiger partial charge < -0.3 is 15.4 Å². The first-order valence-electron chi connectivity index (χ1n) is 8.50. The molecule has 5 nitrogen and oxygen atoms in total. The van der Waals surface area contributed by atoms with Crippen molar-refractivity contribution in [1.82, 2.24) is 0 Å². The SMILES string of the molecule is CCOC(=O)c1c(NC(=O)CNc2cccc(C)c2)sc2c1CCC2. The quantitative estimate of drug-likeness (QED) is 0.772. The standard InChI is InChI=1S/C19H22N2O3S/c1-3-24-19(23)17-14-8-5-9-15(14)25-18(17)21-16(22)11-20-13-7-4-6-12(2)10-13/h4,6-7,10,20H,3,5,8-9,11H2,1-2H3,(H,21,22). The molecule has 0 unspecified atom stereocenters. The highest BCUT2D eigenvalue weighted by atomic mass is 32.1. The van der Waals surface area contributed by atoms with E-state index in [2.05, 4.69) is 10.6 Å². The van der Waals surface area contributed by atoms with Crippen LogP contribution < -0.4 is 10.6 Å². The molecule has 1 aliphatic carbocycles. The Balaban J connectivity index is 1.69. The number of esters is 1. The lowest BCUT2D eigenvalue weighted by atomic mass is 10.1. The molecular weight excluding hydrogens is 336 g/mol. The van der Waals surface area contributed by atoms with Crippen LogP contribution in [-0.2, 0) is 22.4 Å². The summed E-state index contributed by atoms with van der Waals surface area (Å²) in [4.78, 5) is 25.8. The molecule has 1 heterocycles. The van der Waals surface area contributed by atoms with Gasteiger partial charge in [0.15, 0.2) is 0 Å². The maximum Gasteiger partial charge on any atom is 0.341 e. The van der Waals surface area contributed by atoms with Gasteiger partial charge >= 0.3 is 5.97 Å². The van der Waals surface area contributed by atoms with Crippen LogP contribution in [-0.4, -0.2) is 25.0 Å². The zero-order chi connectivity index (χ0) is 17.8. The summed E-state index contributed by atoms with van der Waals surface area (Å²) in [7, 11) is 0. The number of thiophene rings is 1. The van der Waals surface area contributed by atoms with E-state index in [1.165, 1.54) is 16.2 Å². The summed E-state index contributed by atoms with van der Waals surface area (Å²) < 4.78 is 5.18. The maximum absolute atomic E-state index is 12.3. The minimum Gasteiger partial charge on any atom is -0.462 e. The van der Waals surface area contributed by atoms with Crippen LogP contribution >= 0.6 is 11.3 Å². The summed E-state index contributed by atoms with van der Waals surface area (Å²) in [6.45, 7) is 4.26. The maximum atomic E-state index is 12.3. The molecule has 132 valence electrons. The lowest BCUT2D eigenvalue weighted by Crippen LogP contribution is -2.22. The van der Waals surface area contributed by atoms with Gasteiger partial charge in [-0.05, 0) is 56.4 Å². The van der Waals surface area contributed by atoms with E-state index in [1.54, 1.807) is 6.92 Å². The number of anilines is 2. The number of benzene rings is 1. The summed E-state index contributed by atoms with van der Waals surface area (Å²) in [5.41, 5.74) is 3.62. The van der Waals surface area contributed by atoms with Crippen molar-refractivity contribution in [2.24, 2.45) is 0 Å². The zero-order valence-electron chi connectivity index (χ0n) is 14.5. The van der Waals surface area contributed by atoms with Gasteiger partial charge in [-0.15, -0.1) is 11.3 Å². The van der Waals surface area contributed by atoms with Crippen molar-refractivity contribution in [3.8, 4) is 0 Å². The van der Waals surface area contributed by atoms with E-state index in [0.29, 0.717) is 17.2 Å². The largest absolute Gasteiger partial charge is 0.462 e. The van der Waals surface area contributed by atoms with E-state index in [0.717, 1.165) is 36.1 Å². The van der Waals surface area contributed by atoms with Gasteiger partial charge in [-0.1, -0.05) is 12.1 Å². The molecule has 0 radical (unpaired) electrons. The summed E-state index contributed by atoms with van der Waals surface area (Å²) in [6.07, 6.45) is 2.89. The van der Waals surface area contributed by atoms with Crippen LogP contribution in [0.3, 0.4) is 0 Å². The Morgan fingerprint density at radius 1 is 1.28 bits per heavy atom. The predicted octanol–water partition coefficient (Wildman–Crippen LogP) is 3.77. The number of fused-ring (bicyclic) bond motifs is 1. The van der Waals surface area contributed by atoms with Gasteiger partial charge in [-0.25, -0.2) is 4.79 Å². The van der Waals surface area contributed by atoms with Gasteiger partial charge in [-0.2, -0.15) is 0 Å². The first-order valence-corrected chi connectivity index (χ1v) is 9.32. The lowest BCUT2D eigenvalue weighted by molar-refractivity contribution is -0.114. The highest BCUT2D eigenvalue weighted by Crippen LogP contribution is 2.39. The summed E-state index contributed by atoms with van der Waals surface area (Å²) in [6, 6.07) is 7.85. The van der Waals surface area contributed by atoms with Crippen LogP contribution in [0.2, 0.25) is 0 Å². The predicted molar refractivity (Wildman–Crippen MR) is 101 cm³/mol. The molecule has 25 heavy (non-hydrogen) atoms. The Kier molecular flexibility index (Phi) is 5.38. The van der Waals surface area contributed by atoms with Gasteiger partial charge in [0.05, 0.1) is 18.7 Å². The molecule has 0 atom stereocenters. The summed E-state index contributed by atoms with van der Waals surface area (Å²) in [5, 5.41) is 6.60. The van der Waals surface area contributed by atoms with E-state index < -0.39 is 0 Å². The van der Waals surface area contributed by atoms with Crippen molar-refractivity contribution in [2.45, 2.75) is 33.1 Å². The normalized spacial score (nSPS) is 12.6. The zero-order valence-corrected chi connectivity index (χ0v) is 15.3. The molecule has 0 bridgehead atoms. The number of aryl methyl sites for hydroxylation is 2. The van der Waals surface area contributed by atoms with Crippen LogP contribution in [0.5, 0.6) is 0 Å². The molecule has 1 amide bonds.